The Kier molecular flexibility index (Phi) is 21.4. The molecule has 3 fully saturated rings. The number of thioether (sulfide) groups is 2. The summed E-state index contributed by atoms with van der Waals surface area (Å²) in [6.45, 7) is 25.5. The summed E-state index contributed by atoms with van der Waals surface area (Å²) in [6.07, 6.45) is 3.35. The van der Waals surface area contributed by atoms with Gasteiger partial charge in [-0.3, -0.25) is 9.80 Å². The number of aromatic nitrogens is 3. The number of methoxy groups -OCH3 is 2. The minimum Gasteiger partial charge on any atom is -0.383 e. The van der Waals surface area contributed by atoms with E-state index < -0.39 is 16.8 Å². The third-order valence-corrected chi connectivity index (χ3v) is 21.5. The lowest BCUT2D eigenvalue weighted by molar-refractivity contribution is -0.0546. The Morgan fingerprint density at radius 2 is 1.01 bits per heavy atom. The molecule has 17 nitrogen and oxygen atoms in total. The monoisotopic (exact) mass is 1320 g/mol. The molecule has 6 aliphatic rings. The van der Waals surface area contributed by atoms with Crippen molar-refractivity contribution < 1.29 is 28.1 Å². The molecule has 3 saturated heterocycles. The van der Waals surface area contributed by atoms with Crippen LogP contribution in [0.3, 0.4) is 0 Å². The molecule has 0 amide bonds. The van der Waals surface area contributed by atoms with E-state index in [9.17, 15) is 15.8 Å². The van der Waals surface area contributed by atoms with E-state index in [1.807, 2.05) is 25.1 Å². The summed E-state index contributed by atoms with van der Waals surface area (Å²) in [5.41, 5.74) is 8.41. The highest BCUT2D eigenvalue weighted by Crippen LogP contribution is 2.44. The average molecular weight is 1330 g/mol. The molecule has 90 heavy (non-hydrogen) atoms. The normalized spacial score (nSPS) is 21.3. The topological polar surface area (TPSA) is 176 Å². The lowest BCUT2D eigenvalue weighted by Gasteiger charge is -2.41. The van der Waals surface area contributed by atoms with Crippen LogP contribution in [-0.4, -0.2) is 184 Å². The second-order valence-electron chi connectivity index (χ2n) is 25.9. The molecule has 2 aromatic carbocycles. The van der Waals surface area contributed by atoms with Crippen LogP contribution in [0.15, 0.2) is 57.0 Å². The number of nitriles is 3. The third kappa shape index (κ3) is 15.0. The number of hydrogen-bond donors (Lipinski definition) is 0. The number of likely N-dealkylation sites (N-methyl/N-ethyl adjacent to an activating group) is 1. The smallest absolute Gasteiger partial charge is 0.135 e. The molecule has 478 valence electrons. The highest BCUT2D eigenvalue weighted by Gasteiger charge is 2.42. The van der Waals surface area contributed by atoms with E-state index in [0.29, 0.717) is 103 Å². The minimum absolute atomic E-state index is 0.250. The van der Waals surface area contributed by atoms with Gasteiger partial charge in [-0.15, -0.1) is 23.5 Å². The Morgan fingerprint density at radius 3 is 1.51 bits per heavy atom. The molecule has 21 heteroatoms. The molecule has 3 aromatic heterocycles. The van der Waals surface area contributed by atoms with Gasteiger partial charge in [-0.05, 0) is 92.6 Å². The molecule has 0 radical (unpaired) electrons. The fourth-order valence-corrected chi connectivity index (χ4v) is 16.0. The fourth-order valence-electron chi connectivity index (χ4n) is 13.8. The number of benzene rings is 2. The van der Waals surface area contributed by atoms with Gasteiger partial charge in [-0.1, -0.05) is 53.2 Å². The van der Waals surface area contributed by atoms with Gasteiger partial charge in [0.2, 0.25) is 0 Å². The summed E-state index contributed by atoms with van der Waals surface area (Å²) in [5.74, 6) is 3.56. The van der Waals surface area contributed by atoms with Crippen LogP contribution in [0.5, 0.6) is 0 Å². The Hall–Kier alpha value is -5.45. The Bertz CT molecular complexity index is 3520. The summed E-state index contributed by atoms with van der Waals surface area (Å²) >= 11 is 6.67. The molecule has 6 aliphatic heterocycles. The number of rotatable bonds is 22. The maximum atomic E-state index is 17.3. The number of nitrogens with zero attached hydrogens (tertiary/aromatic N) is 12. The summed E-state index contributed by atoms with van der Waals surface area (Å²) in [5, 5.41) is 34.6. The molecular formula is C69H86BrFN12O5S2. The summed E-state index contributed by atoms with van der Waals surface area (Å²) < 4.78 is 49.3. The van der Waals surface area contributed by atoms with Crippen LogP contribution in [0.4, 0.5) is 21.8 Å². The van der Waals surface area contributed by atoms with Crippen LogP contribution >= 0.6 is 39.5 Å². The molecule has 0 bridgehead atoms. The van der Waals surface area contributed by atoms with E-state index in [-0.39, 0.29) is 19.0 Å². The molecule has 0 spiro atoms. The van der Waals surface area contributed by atoms with Crippen molar-refractivity contribution in [2.24, 2.45) is 0 Å². The number of aryl methyl sites for hydroxylation is 2. The van der Waals surface area contributed by atoms with Gasteiger partial charge in [-0.25, -0.2) is 19.3 Å². The largest absolute Gasteiger partial charge is 0.383 e. The number of hydrogen-bond acceptors (Lipinski definition) is 19. The van der Waals surface area contributed by atoms with E-state index in [4.69, 9.17) is 38.6 Å². The van der Waals surface area contributed by atoms with E-state index in [1.165, 1.54) is 17.3 Å². The SMILES string of the molecule is CCN1CCN(c2nc(CC3(C)Cc4c(C#N)c(SCCc5cccc(CC6(C)Cc7c(C#N)c(SCCc8ccc(Br)cc8)nc(N8CCN(CCOC)CC8)c7CO6)c5F)nc(N5CCN(CCOC)CC5)c4CO3)c(C#N)c3c2COC(C)(C)C3)CC1. The predicted molar refractivity (Wildman–Crippen MR) is 355 cm³/mol. The minimum atomic E-state index is -0.814. The zero-order valence-electron chi connectivity index (χ0n) is 53.5. The molecule has 11 rings (SSSR count). The van der Waals surface area contributed by atoms with Crippen LogP contribution < -0.4 is 14.7 Å². The second-order valence-corrected chi connectivity index (χ2v) is 29.0. The molecule has 0 saturated carbocycles. The van der Waals surface area contributed by atoms with Gasteiger partial charge in [0.15, 0.2) is 0 Å². The van der Waals surface area contributed by atoms with Crippen molar-refractivity contribution >= 4 is 56.9 Å². The quantitative estimate of drug-likeness (QED) is 0.0598. The predicted octanol–water partition coefficient (Wildman–Crippen LogP) is 9.74. The van der Waals surface area contributed by atoms with Crippen LogP contribution in [0.25, 0.3) is 0 Å². The lowest BCUT2D eigenvalue weighted by atomic mass is 9.82. The number of halogens is 2. The van der Waals surface area contributed by atoms with Crippen molar-refractivity contribution in [2.45, 2.75) is 126 Å². The van der Waals surface area contributed by atoms with Crippen LogP contribution in [0.1, 0.15) is 107 Å². The first-order chi connectivity index (χ1) is 43.5. The van der Waals surface area contributed by atoms with Crippen LogP contribution in [0.2, 0.25) is 0 Å². The van der Waals surface area contributed by atoms with Crippen molar-refractivity contribution in [3.63, 3.8) is 0 Å². The standard InChI is InChI=1S/C69H86BrFN12O5S2/c1-8-78-18-24-81(25-19-78)62-57-44-86-67(2,3)37-51(57)54(41-72)60(75-62)40-69(5)39-53-56(43-74)66(77-64(59(53)46-88-69)83-28-22-80(23-29-83)31-33-85-7)90-35-17-48-10-9-11-49(61(48)71)36-68(4)38-52-55(42-73)65(89-34-16-47-12-14-50(70)15-13-47)76-63(58(52)45-87-68)82-26-20-79(21-27-82)30-32-84-6/h9-15H,8,16-40,44-46H2,1-7H3. The summed E-state index contributed by atoms with van der Waals surface area (Å²) in [4.78, 5) is 30.3. The second kappa shape index (κ2) is 29.2. The first-order valence-electron chi connectivity index (χ1n) is 32.0. The van der Waals surface area contributed by atoms with Crippen LogP contribution in [0, 0.1) is 39.8 Å². The lowest BCUT2D eigenvalue weighted by Crippen LogP contribution is -2.48. The van der Waals surface area contributed by atoms with Gasteiger partial charge in [-0.2, -0.15) is 15.8 Å². The van der Waals surface area contributed by atoms with Gasteiger partial charge < -0.3 is 43.3 Å². The zero-order valence-corrected chi connectivity index (χ0v) is 56.7. The number of anilines is 3. The first kappa shape index (κ1) is 66.0. The Labute approximate surface area is 548 Å². The molecule has 5 aromatic rings. The zero-order chi connectivity index (χ0) is 63.2. The van der Waals surface area contributed by atoms with E-state index in [2.05, 4.69) is 115 Å². The van der Waals surface area contributed by atoms with E-state index in [0.717, 1.165) is 171 Å². The highest BCUT2D eigenvalue weighted by molar-refractivity contribution is 9.10. The van der Waals surface area contributed by atoms with Gasteiger partial charge in [0.25, 0.3) is 0 Å². The van der Waals surface area contributed by atoms with E-state index >= 15 is 4.39 Å². The third-order valence-electron chi connectivity index (χ3n) is 19.1. The van der Waals surface area contributed by atoms with Gasteiger partial charge in [0.1, 0.15) is 51.5 Å². The molecule has 9 heterocycles. The summed E-state index contributed by atoms with van der Waals surface area (Å²) in [7, 11) is 3.47. The van der Waals surface area contributed by atoms with Crippen molar-refractivity contribution in [3.8, 4) is 18.2 Å². The van der Waals surface area contributed by atoms with Crippen molar-refractivity contribution in [3.05, 3.63) is 125 Å². The Morgan fingerprint density at radius 1 is 0.556 bits per heavy atom. The van der Waals surface area contributed by atoms with Gasteiger partial charge >= 0.3 is 0 Å². The fraction of sp³-hybridized carbons (Fsp3) is 0.565. The van der Waals surface area contributed by atoms with E-state index in [1.54, 1.807) is 26.0 Å². The number of piperazine rings is 3. The molecule has 0 aliphatic carbocycles. The average Bonchev–Trinajstić information content (AvgIpc) is 0.851. The van der Waals surface area contributed by atoms with Crippen molar-refractivity contribution in [1.82, 2.24) is 29.7 Å². The Balaban J connectivity index is 0.845. The van der Waals surface area contributed by atoms with Gasteiger partial charge in [0.05, 0.1) is 72.2 Å². The van der Waals surface area contributed by atoms with Crippen LogP contribution in [-0.2, 0) is 88.5 Å². The molecular weight excluding hydrogens is 1240 g/mol. The molecule has 0 N–H and O–H groups in total. The molecule has 2 atom stereocenters. The maximum absolute atomic E-state index is 17.3. The van der Waals surface area contributed by atoms with Crippen molar-refractivity contribution in [2.75, 3.05) is 152 Å². The number of pyridine rings is 3. The number of ether oxygens (including phenoxy) is 5. The van der Waals surface area contributed by atoms with Crippen molar-refractivity contribution in [1.29, 1.82) is 15.8 Å². The summed E-state index contributed by atoms with van der Waals surface area (Å²) in [6, 6.07) is 21.8. The highest BCUT2D eigenvalue weighted by atomic mass is 79.9. The molecule has 2 unspecified atom stereocenters. The van der Waals surface area contributed by atoms with Gasteiger partial charge in [0, 0.05) is 171 Å². The first-order valence-corrected chi connectivity index (χ1v) is 34.8. The maximum Gasteiger partial charge on any atom is 0.135 e. The number of fused-ring (bicyclic) bond motifs is 3.